The Morgan fingerprint density at radius 3 is 1.24 bits per heavy atom. The first-order valence-corrected chi connectivity index (χ1v) is 11.3. The molecule has 0 amide bonds. The van der Waals surface area contributed by atoms with Crippen molar-refractivity contribution >= 4 is 18.1 Å². The molecule has 0 aromatic heterocycles. The molecule has 0 aliphatic carbocycles. The molecule has 0 spiro atoms. The lowest BCUT2D eigenvalue weighted by Gasteiger charge is -2.29. The molecule has 168 valence electrons. The first kappa shape index (κ1) is 24.5. The van der Waals surface area contributed by atoms with Crippen LogP contribution in [0.5, 0.6) is 0 Å². The summed E-state index contributed by atoms with van der Waals surface area (Å²) in [6.07, 6.45) is 0. The Morgan fingerprint density at radius 2 is 0.879 bits per heavy atom. The molecule has 4 aromatic rings. The van der Waals surface area contributed by atoms with Crippen molar-refractivity contribution in [2.75, 3.05) is 0 Å². The van der Waals surface area contributed by atoms with Gasteiger partial charge in [-0.3, -0.25) is 0 Å². The van der Waals surface area contributed by atoms with E-state index in [1.165, 1.54) is 33.4 Å². The molecule has 1 N–H and O–H groups in total. The zero-order chi connectivity index (χ0) is 22.7. The monoisotopic (exact) mass is 453 g/mol. The molecule has 0 aliphatic rings. The first-order chi connectivity index (χ1) is 15.5. The standard InChI is InChI=1S/C31H31N.ClH/c1-21-13-11-19-27(23(21)3)29(25-15-7-5-8-16-25)31(32)30(26-17-9-6-10-18-26)28-20-12-14-22(2)24(28)4;/h5-20,29-30,32H,1-4H3;1H. The summed E-state index contributed by atoms with van der Waals surface area (Å²) >= 11 is 0. The highest BCUT2D eigenvalue weighted by molar-refractivity contribution is 5.99. The van der Waals surface area contributed by atoms with Gasteiger partial charge in [0.05, 0.1) is 0 Å². The molecular formula is C31H32ClN. The van der Waals surface area contributed by atoms with E-state index in [-0.39, 0.29) is 24.2 Å². The van der Waals surface area contributed by atoms with E-state index >= 15 is 0 Å². The molecule has 2 heteroatoms. The highest BCUT2D eigenvalue weighted by Crippen LogP contribution is 2.39. The molecule has 0 bridgehead atoms. The third kappa shape index (κ3) is 4.94. The van der Waals surface area contributed by atoms with Crippen molar-refractivity contribution in [2.24, 2.45) is 0 Å². The smallest absolute Gasteiger partial charge is 0.0479 e. The third-order valence-electron chi connectivity index (χ3n) is 6.80. The van der Waals surface area contributed by atoms with Gasteiger partial charge in [-0.15, -0.1) is 12.4 Å². The Bertz CT molecular complexity index is 1130. The van der Waals surface area contributed by atoms with E-state index in [0.29, 0.717) is 5.71 Å². The van der Waals surface area contributed by atoms with Crippen molar-refractivity contribution in [2.45, 2.75) is 39.5 Å². The summed E-state index contributed by atoms with van der Waals surface area (Å²) < 4.78 is 0. The number of hydrogen-bond acceptors (Lipinski definition) is 1. The van der Waals surface area contributed by atoms with E-state index in [1.54, 1.807) is 0 Å². The van der Waals surface area contributed by atoms with Crippen LogP contribution >= 0.6 is 12.4 Å². The molecule has 33 heavy (non-hydrogen) atoms. The Kier molecular flexibility index (Phi) is 7.89. The minimum absolute atomic E-state index is 0. The Morgan fingerprint density at radius 1 is 0.515 bits per heavy atom. The molecule has 1 nitrogen and oxygen atoms in total. The maximum absolute atomic E-state index is 9.69. The number of nitrogens with one attached hydrogen (secondary N) is 1. The molecule has 0 aliphatic heterocycles. The van der Waals surface area contributed by atoms with Crippen molar-refractivity contribution in [3.8, 4) is 0 Å². The van der Waals surface area contributed by atoms with Gasteiger partial charge in [-0.25, -0.2) is 0 Å². The van der Waals surface area contributed by atoms with E-state index in [2.05, 4.69) is 113 Å². The molecular weight excluding hydrogens is 422 g/mol. The molecule has 0 radical (unpaired) electrons. The normalized spacial score (nSPS) is 12.5. The number of hydrogen-bond donors (Lipinski definition) is 1. The van der Waals surface area contributed by atoms with E-state index in [4.69, 9.17) is 0 Å². The predicted molar refractivity (Wildman–Crippen MR) is 143 cm³/mol. The van der Waals surface area contributed by atoms with E-state index in [9.17, 15) is 5.41 Å². The van der Waals surface area contributed by atoms with Crippen LogP contribution in [-0.2, 0) is 0 Å². The topological polar surface area (TPSA) is 23.9 Å². The summed E-state index contributed by atoms with van der Waals surface area (Å²) in [4.78, 5) is 0. The second kappa shape index (κ2) is 10.6. The van der Waals surface area contributed by atoms with Gasteiger partial charge in [0.2, 0.25) is 0 Å². The second-order valence-corrected chi connectivity index (χ2v) is 8.72. The van der Waals surface area contributed by atoms with E-state index in [0.717, 1.165) is 11.1 Å². The number of rotatable bonds is 6. The molecule has 4 aromatic carbocycles. The molecule has 0 fully saturated rings. The zero-order valence-corrected chi connectivity index (χ0v) is 20.6. The predicted octanol–water partition coefficient (Wildman–Crippen LogP) is 8.33. The summed E-state index contributed by atoms with van der Waals surface area (Å²) in [5.41, 5.74) is 10.5. The average molecular weight is 454 g/mol. The van der Waals surface area contributed by atoms with Gasteiger partial charge >= 0.3 is 0 Å². The third-order valence-corrected chi connectivity index (χ3v) is 6.80. The van der Waals surface area contributed by atoms with Gasteiger partial charge in [0, 0.05) is 17.5 Å². The summed E-state index contributed by atoms with van der Waals surface area (Å²) in [5.74, 6) is -0.220. The summed E-state index contributed by atoms with van der Waals surface area (Å²) in [5, 5.41) is 9.69. The van der Waals surface area contributed by atoms with Gasteiger partial charge in [0.1, 0.15) is 0 Å². The van der Waals surface area contributed by atoms with Gasteiger partial charge in [-0.1, -0.05) is 97.1 Å². The largest absolute Gasteiger partial charge is 0.308 e. The fourth-order valence-corrected chi connectivity index (χ4v) is 4.68. The number of benzene rings is 4. The minimum Gasteiger partial charge on any atom is -0.308 e. The highest BCUT2D eigenvalue weighted by atomic mass is 35.5. The van der Waals surface area contributed by atoms with Crippen LogP contribution in [0.15, 0.2) is 97.1 Å². The lowest BCUT2D eigenvalue weighted by Crippen LogP contribution is -2.24. The van der Waals surface area contributed by atoms with Crippen LogP contribution < -0.4 is 0 Å². The second-order valence-electron chi connectivity index (χ2n) is 8.72. The van der Waals surface area contributed by atoms with Gasteiger partial charge < -0.3 is 5.41 Å². The van der Waals surface area contributed by atoms with Crippen molar-refractivity contribution in [3.63, 3.8) is 0 Å². The summed E-state index contributed by atoms with van der Waals surface area (Å²) in [6, 6.07) is 34.0. The van der Waals surface area contributed by atoms with Gasteiger partial charge in [0.15, 0.2) is 0 Å². The van der Waals surface area contributed by atoms with Crippen LogP contribution in [0.25, 0.3) is 0 Å². The first-order valence-electron chi connectivity index (χ1n) is 11.3. The Labute approximate surface area is 204 Å². The minimum atomic E-state index is -0.110. The van der Waals surface area contributed by atoms with Crippen molar-refractivity contribution in [3.05, 3.63) is 142 Å². The van der Waals surface area contributed by atoms with Crippen LogP contribution in [0.2, 0.25) is 0 Å². The Hall–Kier alpha value is -3.16. The van der Waals surface area contributed by atoms with Crippen molar-refractivity contribution < 1.29 is 0 Å². The maximum atomic E-state index is 9.69. The molecule has 4 rings (SSSR count). The van der Waals surface area contributed by atoms with Crippen LogP contribution in [0, 0.1) is 33.1 Å². The Balaban J connectivity index is 0.00000306. The average Bonchev–Trinajstić information content (AvgIpc) is 2.81. The van der Waals surface area contributed by atoms with Crippen LogP contribution in [-0.4, -0.2) is 5.71 Å². The quantitative estimate of drug-likeness (QED) is 0.284. The zero-order valence-electron chi connectivity index (χ0n) is 19.8. The summed E-state index contributed by atoms with van der Waals surface area (Å²) in [7, 11) is 0. The van der Waals surface area contributed by atoms with Gasteiger partial charge in [-0.2, -0.15) is 0 Å². The van der Waals surface area contributed by atoms with Crippen LogP contribution in [0.4, 0.5) is 0 Å². The SMILES string of the molecule is Cc1cccc(C(C(=N)C(c2ccccc2)c2cccc(C)c2C)c2ccccc2)c1C.Cl. The molecule has 0 saturated carbocycles. The fraction of sp³-hybridized carbons (Fsp3) is 0.194. The van der Waals surface area contributed by atoms with Crippen molar-refractivity contribution in [1.82, 2.24) is 0 Å². The lowest BCUT2D eigenvalue weighted by molar-refractivity contribution is 0.933. The van der Waals surface area contributed by atoms with Crippen LogP contribution in [0.1, 0.15) is 56.3 Å². The lowest BCUT2D eigenvalue weighted by atomic mass is 9.74. The van der Waals surface area contributed by atoms with Crippen molar-refractivity contribution in [1.29, 1.82) is 5.41 Å². The van der Waals surface area contributed by atoms with E-state index < -0.39 is 0 Å². The number of aryl methyl sites for hydroxylation is 2. The fourth-order valence-electron chi connectivity index (χ4n) is 4.68. The molecule has 2 atom stereocenters. The molecule has 2 unspecified atom stereocenters. The maximum Gasteiger partial charge on any atom is 0.0479 e. The van der Waals surface area contributed by atoms with Gasteiger partial charge in [0.25, 0.3) is 0 Å². The summed E-state index contributed by atoms with van der Waals surface area (Å²) in [6.45, 7) is 8.68. The van der Waals surface area contributed by atoms with Gasteiger partial charge in [-0.05, 0) is 72.2 Å². The molecule has 0 heterocycles. The van der Waals surface area contributed by atoms with E-state index in [1.807, 2.05) is 12.1 Å². The van der Waals surface area contributed by atoms with Crippen LogP contribution in [0.3, 0.4) is 0 Å². The number of halogens is 1. The molecule has 0 saturated heterocycles. The highest BCUT2D eigenvalue weighted by Gasteiger charge is 2.30.